The first-order valence-corrected chi connectivity index (χ1v) is 18.7. The molecular formula is C35H40N2O10S2. The third-order valence-corrected chi connectivity index (χ3v) is 9.78. The van der Waals surface area contributed by atoms with Crippen LogP contribution in [-0.2, 0) is 26.7 Å². The summed E-state index contributed by atoms with van der Waals surface area (Å²) in [6, 6.07) is 23.9. The molecule has 0 radical (unpaired) electrons. The fraction of sp³-hybridized carbons (Fsp3) is 0.314. The van der Waals surface area contributed by atoms with Crippen molar-refractivity contribution in [1.82, 2.24) is 0 Å². The Bertz CT molecular complexity index is 1800. The van der Waals surface area contributed by atoms with E-state index < -0.39 is 30.0 Å². The van der Waals surface area contributed by atoms with Gasteiger partial charge >= 0.3 is 0 Å². The summed E-state index contributed by atoms with van der Waals surface area (Å²) in [7, 11) is -9.50. The third kappa shape index (κ3) is 9.50. The average molecular weight is 713 g/mol. The van der Waals surface area contributed by atoms with Gasteiger partial charge in [-0.1, -0.05) is 36.4 Å². The van der Waals surface area contributed by atoms with Crippen LogP contribution in [0.15, 0.2) is 94.7 Å². The lowest BCUT2D eigenvalue weighted by Crippen LogP contribution is -2.23. The molecule has 262 valence electrons. The second-order valence-corrected chi connectivity index (χ2v) is 14.4. The first kappa shape index (κ1) is 36.1. The molecule has 1 aliphatic rings. The number of nitrogens with two attached hydrogens (primary N) is 2. The predicted molar refractivity (Wildman–Crippen MR) is 184 cm³/mol. The molecule has 14 heteroatoms. The average Bonchev–Trinajstić information content (AvgIpc) is 3.40. The van der Waals surface area contributed by atoms with Gasteiger partial charge in [0.2, 0.25) is 0 Å². The van der Waals surface area contributed by atoms with Gasteiger partial charge in [-0.05, 0) is 103 Å². The van der Waals surface area contributed by atoms with Gasteiger partial charge in [-0.3, -0.25) is 9.11 Å². The summed E-state index contributed by atoms with van der Waals surface area (Å²) in [6.07, 6.45) is 1.54. The summed E-state index contributed by atoms with van der Waals surface area (Å²) in [5.41, 5.74) is 13.6. The molecule has 0 heterocycles. The molecule has 6 N–H and O–H groups in total. The highest BCUT2D eigenvalue weighted by Gasteiger charge is 2.30. The molecule has 4 aromatic rings. The van der Waals surface area contributed by atoms with Crippen LogP contribution in [0, 0.1) is 0 Å². The lowest BCUT2D eigenvalue weighted by molar-refractivity contribution is 0.153. The number of para-hydroxylation sites is 2. The first-order chi connectivity index (χ1) is 23.5. The van der Waals surface area contributed by atoms with Crippen LogP contribution in [0.5, 0.6) is 23.0 Å². The Morgan fingerprint density at radius 1 is 0.592 bits per heavy atom. The Labute approximate surface area is 286 Å². The molecule has 2 atom stereocenters. The molecule has 0 aliphatic heterocycles. The number of hydrogen-bond acceptors (Lipinski definition) is 10. The molecule has 1 aliphatic carbocycles. The van der Waals surface area contributed by atoms with Crippen molar-refractivity contribution in [1.29, 1.82) is 0 Å². The molecular weight excluding hydrogens is 673 g/mol. The van der Waals surface area contributed by atoms with E-state index in [2.05, 4.69) is 0 Å². The van der Waals surface area contributed by atoms with E-state index in [1.807, 2.05) is 60.7 Å². The molecule has 0 amide bonds. The largest absolute Gasteiger partial charge is 0.492 e. The zero-order valence-electron chi connectivity index (χ0n) is 26.7. The van der Waals surface area contributed by atoms with E-state index in [0.29, 0.717) is 72.5 Å². The van der Waals surface area contributed by atoms with Gasteiger partial charge in [0.1, 0.15) is 45.0 Å². The summed E-state index contributed by atoms with van der Waals surface area (Å²) in [5.74, 6) is 1.21. The van der Waals surface area contributed by atoms with Crippen LogP contribution in [0.3, 0.4) is 0 Å². The zero-order valence-corrected chi connectivity index (χ0v) is 28.4. The molecule has 0 saturated carbocycles. The van der Waals surface area contributed by atoms with Gasteiger partial charge in [0.05, 0.1) is 13.2 Å². The minimum Gasteiger partial charge on any atom is -0.492 e. The maximum absolute atomic E-state index is 12.5. The highest BCUT2D eigenvalue weighted by Crippen LogP contribution is 2.44. The van der Waals surface area contributed by atoms with Crippen LogP contribution in [0.1, 0.15) is 36.8 Å². The van der Waals surface area contributed by atoms with Crippen molar-refractivity contribution >= 4 is 20.2 Å². The molecule has 2 unspecified atom stereocenters. The number of ether oxygens (including phenoxy) is 4. The smallest absolute Gasteiger partial charge is 0.298 e. The fourth-order valence-corrected chi connectivity index (χ4v) is 6.99. The standard InChI is InChI=1S/C35H40N2O10S2/c36-15-11-28(46-26-7-3-1-4-8-26)13-17-44-32-20-24-19-25-21-33(45-18-14-29(12-16-37)47-27-9-5-2-6-10-27)35(49(41,42)43)23-31(25)30(24)22-34(32)48(38,39)40/h1-10,20-23,28-29H,11-19,36-37H2,(H,38,39,40)(H,41,42,43). The monoisotopic (exact) mass is 712 g/mol. The zero-order chi connectivity index (χ0) is 35.0. The van der Waals surface area contributed by atoms with Gasteiger partial charge in [0, 0.05) is 12.8 Å². The number of rotatable bonds is 18. The minimum absolute atomic E-state index is 0.0592. The number of benzene rings is 4. The molecule has 49 heavy (non-hydrogen) atoms. The Balaban J connectivity index is 1.35. The van der Waals surface area contributed by atoms with Crippen LogP contribution in [0.25, 0.3) is 11.1 Å². The fourth-order valence-electron chi connectivity index (χ4n) is 5.71. The maximum atomic E-state index is 12.5. The molecule has 4 aromatic carbocycles. The Kier molecular flexibility index (Phi) is 11.8. The highest BCUT2D eigenvalue weighted by molar-refractivity contribution is 7.86. The predicted octanol–water partition coefficient (Wildman–Crippen LogP) is 4.88. The van der Waals surface area contributed by atoms with Gasteiger partial charge in [-0.25, -0.2) is 0 Å². The highest BCUT2D eigenvalue weighted by atomic mass is 32.2. The Hall–Kier alpha value is -4.18. The second kappa shape index (κ2) is 16.0. The normalized spacial score (nSPS) is 13.6. The molecule has 5 rings (SSSR count). The Morgan fingerprint density at radius 3 is 1.33 bits per heavy atom. The van der Waals surface area contributed by atoms with Crippen molar-refractivity contribution in [3.05, 3.63) is 96.1 Å². The van der Waals surface area contributed by atoms with E-state index in [1.165, 1.54) is 24.3 Å². The molecule has 12 nitrogen and oxygen atoms in total. The molecule has 0 aromatic heterocycles. The lowest BCUT2D eigenvalue weighted by Gasteiger charge is -2.20. The maximum Gasteiger partial charge on any atom is 0.298 e. The third-order valence-electron chi connectivity index (χ3n) is 8.03. The van der Waals surface area contributed by atoms with Crippen molar-refractivity contribution < 1.29 is 44.9 Å². The quantitative estimate of drug-likeness (QED) is 0.0900. The van der Waals surface area contributed by atoms with Gasteiger partial charge < -0.3 is 30.4 Å². The summed E-state index contributed by atoms with van der Waals surface area (Å²) < 4.78 is 94.0. The van der Waals surface area contributed by atoms with Crippen LogP contribution >= 0.6 is 0 Å². The summed E-state index contributed by atoms with van der Waals surface area (Å²) in [4.78, 5) is -0.951. The first-order valence-electron chi connectivity index (χ1n) is 15.8. The number of fused-ring (bicyclic) bond motifs is 3. The van der Waals surface area contributed by atoms with E-state index in [-0.39, 0.29) is 43.3 Å². The van der Waals surface area contributed by atoms with Gasteiger partial charge in [-0.15, -0.1) is 0 Å². The van der Waals surface area contributed by atoms with E-state index >= 15 is 0 Å². The van der Waals surface area contributed by atoms with E-state index in [0.717, 1.165) is 0 Å². The van der Waals surface area contributed by atoms with Crippen molar-refractivity contribution in [3.63, 3.8) is 0 Å². The minimum atomic E-state index is -4.75. The Morgan fingerprint density at radius 2 is 0.980 bits per heavy atom. The van der Waals surface area contributed by atoms with Crippen molar-refractivity contribution in [2.45, 2.75) is 54.1 Å². The van der Waals surface area contributed by atoms with E-state index in [4.69, 9.17) is 30.4 Å². The van der Waals surface area contributed by atoms with Gasteiger partial charge in [0.25, 0.3) is 20.2 Å². The summed E-state index contributed by atoms with van der Waals surface area (Å²) >= 11 is 0. The molecule has 0 saturated heterocycles. The SMILES string of the molecule is NCCC(CCOc1cc2c(cc1S(=O)(=O)O)-c1cc(S(=O)(=O)O)c(OCCC(CCN)Oc3ccccc3)cc1C2)Oc1ccccc1. The topological polar surface area (TPSA) is 198 Å². The van der Waals surface area contributed by atoms with E-state index in [9.17, 15) is 25.9 Å². The molecule has 0 spiro atoms. The van der Waals surface area contributed by atoms with Crippen LogP contribution < -0.4 is 30.4 Å². The van der Waals surface area contributed by atoms with Gasteiger partial charge in [0.15, 0.2) is 0 Å². The number of hydrogen-bond donors (Lipinski definition) is 4. The lowest BCUT2D eigenvalue weighted by atomic mass is 10.1. The molecule has 0 fully saturated rings. The van der Waals surface area contributed by atoms with Crippen molar-refractivity contribution in [2.75, 3.05) is 26.3 Å². The van der Waals surface area contributed by atoms with E-state index in [1.54, 1.807) is 0 Å². The van der Waals surface area contributed by atoms with Crippen LogP contribution in [0.4, 0.5) is 0 Å². The van der Waals surface area contributed by atoms with Gasteiger partial charge in [-0.2, -0.15) is 16.8 Å². The van der Waals surface area contributed by atoms with Crippen LogP contribution in [0.2, 0.25) is 0 Å². The second-order valence-electron chi connectivity index (χ2n) is 11.6. The van der Waals surface area contributed by atoms with Crippen LogP contribution in [-0.4, -0.2) is 64.5 Å². The summed E-state index contributed by atoms with van der Waals surface area (Å²) in [5, 5.41) is 0. The molecule has 0 bridgehead atoms. The van der Waals surface area contributed by atoms with Crippen molar-refractivity contribution in [2.24, 2.45) is 11.5 Å². The van der Waals surface area contributed by atoms with Crippen molar-refractivity contribution in [3.8, 4) is 34.1 Å². The summed E-state index contributed by atoms with van der Waals surface area (Å²) in [6.45, 7) is 0.876.